The quantitative estimate of drug-likeness (QED) is 0.584. The van der Waals surface area contributed by atoms with Crippen LogP contribution in [0.2, 0.25) is 10.0 Å². The SMILES string of the molecule is COc1cnc(C(=O)N2CCc3c(c4ccc(Cl)c(Cl)c4n3CC3COC3)C2C)nc1. The monoisotopic (exact) mass is 460 g/mol. The average molecular weight is 461 g/mol. The lowest BCUT2D eigenvalue weighted by atomic mass is 9.96. The first-order chi connectivity index (χ1) is 15.0. The van der Waals surface area contributed by atoms with Gasteiger partial charge in [0, 0.05) is 42.1 Å². The largest absolute Gasteiger partial charge is 0.494 e. The molecule has 2 aromatic heterocycles. The minimum Gasteiger partial charge on any atom is -0.494 e. The second kappa shape index (κ2) is 7.97. The van der Waals surface area contributed by atoms with E-state index in [0.717, 1.165) is 42.6 Å². The van der Waals surface area contributed by atoms with Gasteiger partial charge in [-0.3, -0.25) is 4.79 Å². The van der Waals surface area contributed by atoms with Crippen LogP contribution in [0.1, 0.15) is 34.8 Å². The Morgan fingerprint density at radius 1 is 1.26 bits per heavy atom. The van der Waals surface area contributed by atoms with Crippen molar-refractivity contribution >= 4 is 40.0 Å². The van der Waals surface area contributed by atoms with Crippen LogP contribution < -0.4 is 4.74 Å². The molecule has 1 atom stereocenters. The van der Waals surface area contributed by atoms with Crippen molar-refractivity contribution in [1.82, 2.24) is 19.4 Å². The molecule has 0 bridgehead atoms. The summed E-state index contributed by atoms with van der Waals surface area (Å²) in [7, 11) is 1.54. The molecule has 0 spiro atoms. The van der Waals surface area contributed by atoms with E-state index in [0.29, 0.717) is 28.3 Å². The normalized spacial score (nSPS) is 18.7. The van der Waals surface area contributed by atoms with E-state index in [1.165, 1.54) is 25.2 Å². The molecule has 1 fully saturated rings. The Bertz CT molecular complexity index is 1160. The number of hydrogen-bond donors (Lipinski definition) is 0. The van der Waals surface area contributed by atoms with E-state index in [1.807, 2.05) is 24.0 Å². The van der Waals surface area contributed by atoms with Crippen molar-refractivity contribution < 1.29 is 14.3 Å². The molecule has 1 unspecified atom stereocenters. The minimum absolute atomic E-state index is 0.152. The first kappa shape index (κ1) is 20.5. The second-order valence-electron chi connectivity index (χ2n) is 8.00. The van der Waals surface area contributed by atoms with E-state index in [9.17, 15) is 4.79 Å². The van der Waals surface area contributed by atoms with Gasteiger partial charge in [-0.25, -0.2) is 9.97 Å². The first-order valence-corrected chi connectivity index (χ1v) is 11.0. The van der Waals surface area contributed by atoms with Crippen molar-refractivity contribution in [1.29, 1.82) is 0 Å². The van der Waals surface area contributed by atoms with Gasteiger partial charge in [0.25, 0.3) is 5.91 Å². The number of carbonyl (C=O) groups excluding carboxylic acids is 1. The zero-order valence-electron chi connectivity index (χ0n) is 17.3. The van der Waals surface area contributed by atoms with Crippen LogP contribution >= 0.6 is 23.2 Å². The fourth-order valence-electron chi connectivity index (χ4n) is 4.56. The fourth-order valence-corrected chi connectivity index (χ4v) is 4.98. The average Bonchev–Trinajstić information content (AvgIpc) is 3.08. The number of methoxy groups -OCH3 is 1. The van der Waals surface area contributed by atoms with Gasteiger partial charge >= 0.3 is 0 Å². The number of rotatable bonds is 4. The van der Waals surface area contributed by atoms with Crippen LogP contribution in [0.25, 0.3) is 10.9 Å². The number of amides is 1. The van der Waals surface area contributed by atoms with Crippen molar-refractivity contribution in [2.24, 2.45) is 5.92 Å². The van der Waals surface area contributed by atoms with E-state index in [1.54, 1.807) is 0 Å². The van der Waals surface area contributed by atoms with Crippen molar-refractivity contribution in [3.8, 4) is 5.75 Å². The molecule has 2 aliphatic rings. The Hall–Kier alpha value is -2.35. The van der Waals surface area contributed by atoms with Gasteiger partial charge in [-0.1, -0.05) is 29.3 Å². The zero-order valence-corrected chi connectivity index (χ0v) is 18.8. The zero-order chi connectivity index (χ0) is 21.7. The van der Waals surface area contributed by atoms with Gasteiger partial charge in [0.05, 0.1) is 54.3 Å². The summed E-state index contributed by atoms with van der Waals surface area (Å²) in [5.41, 5.74) is 3.26. The Morgan fingerprint density at radius 2 is 2.00 bits per heavy atom. The fraction of sp³-hybridized carbons (Fsp3) is 0.409. The number of hydrogen-bond acceptors (Lipinski definition) is 5. The first-order valence-electron chi connectivity index (χ1n) is 10.2. The van der Waals surface area contributed by atoms with E-state index in [4.69, 9.17) is 32.7 Å². The molecule has 5 rings (SSSR count). The molecular formula is C22H22Cl2N4O3. The molecule has 0 radical (unpaired) electrons. The van der Waals surface area contributed by atoms with Gasteiger partial charge in [-0.15, -0.1) is 0 Å². The van der Waals surface area contributed by atoms with Crippen LogP contribution in [0.4, 0.5) is 0 Å². The van der Waals surface area contributed by atoms with E-state index < -0.39 is 0 Å². The Labute approximate surface area is 189 Å². The minimum atomic E-state index is -0.200. The third-order valence-corrected chi connectivity index (χ3v) is 7.00. The summed E-state index contributed by atoms with van der Waals surface area (Å²) in [6.45, 7) is 4.95. The number of nitrogens with zero attached hydrogens (tertiary/aromatic N) is 4. The highest BCUT2D eigenvalue weighted by Gasteiger charge is 2.35. The van der Waals surface area contributed by atoms with Crippen LogP contribution in [-0.4, -0.2) is 52.2 Å². The summed E-state index contributed by atoms with van der Waals surface area (Å²) >= 11 is 13.0. The van der Waals surface area contributed by atoms with Crippen LogP contribution in [-0.2, 0) is 17.7 Å². The third-order valence-electron chi connectivity index (χ3n) is 6.20. The summed E-state index contributed by atoms with van der Waals surface area (Å²) < 4.78 is 12.8. The molecule has 1 aromatic carbocycles. The molecule has 0 N–H and O–H groups in total. The van der Waals surface area contributed by atoms with Gasteiger partial charge in [0.2, 0.25) is 5.82 Å². The molecule has 162 valence electrons. The maximum absolute atomic E-state index is 13.2. The second-order valence-corrected chi connectivity index (χ2v) is 8.79. The summed E-state index contributed by atoms with van der Waals surface area (Å²) in [5.74, 6) is 0.930. The number of fused-ring (bicyclic) bond motifs is 3. The smallest absolute Gasteiger partial charge is 0.292 e. The highest BCUT2D eigenvalue weighted by atomic mass is 35.5. The molecule has 7 nitrogen and oxygen atoms in total. The number of ether oxygens (including phenoxy) is 2. The van der Waals surface area contributed by atoms with Gasteiger partial charge in [-0.05, 0) is 13.0 Å². The molecule has 2 aliphatic heterocycles. The molecule has 0 saturated carbocycles. The number of benzene rings is 1. The van der Waals surface area contributed by atoms with Gasteiger partial charge in [0.15, 0.2) is 5.75 Å². The number of halogens is 2. The molecule has 0 aliphatic carbocycles. The van der Waals surface area contributed by atoms with Crippen LogP contribution in [0.3, 0.4) is 0 Å². The van der Waals surface area contributed by atoms with Crippen LogP contribution in [0.15, 0.2) is 24.5 Å². The van der Waals surface area contributed by atoms with Gasteiger partial charge < -0.3 is 18.9 Å². The highest BCUT2D eigenvalue weighted by Crippen LogP contribution is 2.43. The van der Waals surface area contributed by atoms with Gasteiger partial charge in [0.1, 0.15) is 0 Å². The lowest BCUT2D eigenvalue weighted by molar-refractivity contribution is -0.0392. The van der Waals surface area contributed by atoms with Crippen molar-refractivity contribution in [2.45, 2.75) is 25.9 Å². The number of carbonyl (C=O) groups is 1. The standard InChI is InChI=1S/C22H22Cl2N4O3/c1-12-18-15-3-4-16(23)19(24)20(15)28(9-13-10-31-11-13)17(18)5-6-27(12)22(29)21-25-7-14(30-2)8-26-21/h3-4,7-8,12-13H,5-6,9-11H2,1-2H3. The topological polar surface area (TPSA) is 69.5 Å². The van der Waals surface area contributed by atoms with Crippen molar-refractivity contribution in [3.05, 3.63) is 51.7 Å². The third kappa shape index (κ3) is 3.35. The van der Waals surface area contributed by atoms with Crippen LogP contribution in [0.5, 0.6) is 5.75 Å². The number of aromatic nitrogens is 3. The Balaban J connectivity index is 1.56. The molecule has 9 heteroatoms. The molecule has 31 heavy (non-hydrogen) atoms. The molecular weight excluding hydrogens is 439 g/mol. The van der Waals surface area contributed by atoms with E-state index >= 15 is 0 Å². The predicted molar refractivity (Wildman–Crippen MR) is 118 cm³/mol. The van der Waals surface area contributed by atoms with Crippen LogP contribution in [0, 0.1) is 5.92 Å². The maximum atomic E-state index is 13.2. The highest BCUT2D eigenvalue weighted by molar-refractivity contribution is 6.45. The lowest BCUT2D eigenvalue weighted by Gasteiger charge is -2.35. The summed E-state index contributed by atoms with van der Waals surface area (Å²) in [6, 6.07) is 3.68. The molecule has 3 aromatic rings. The Kier molecular flexibility index (Phi) is 5.28. The Morgan fingerprint density at radius 3 is 2.65 bits per heavy atom. The molecule has 1 amide bonds. The van der Waals surface area contributed by atoms with Gasteiger partial charge in [-0.2, -0.15) is 0 Å². The summed E-state index contributed by atoms with van der Waals surface area (Å²) in [5, 5.41) is 2.12. The predicted octanol–water partition coefficient (Wildman–Crippen LogP) is 4.15. The molecule has 4 heterocycles. The lowest BCUT2D eigenvalue weighted by Crippen LogP contribution is -2.40. The van der Waals surface area contributed by atoms with E-state index in [-0.39, 0.29) is 17.8 Å². The maximum Gasteiger partial charge on any atom is 0.292 e. The molecule has 1 saturated heterocycles. The van der Waals surface area contributed by atoms with E-state index in [2.05, 4.69) is 14.5 Å². The summed E-state index contributed by atoms with van der Waals surface area (Å²) in [6.07, 6.45) is 3.74. The van der Waals surface area contributed by atoms with Crippen molar-refractivity contribution in [3.63, 3.8) is 0 Å². The van der Waals surface area contributed by atoms with Crippen molar-refractivity contribution in [2.75, 3.05) is 26.9 Å². The summed E-state index contributed by atoms with van der Waals surface area (Å²) in [4.78, 5) is 23.4.